The van der Waals surface area contributed by atoms with Crippen LogP contribution in [0, 0.1) is 0 Å². The Hall–Kier alpha value is -2.24. The molecule has 0 bridgehead atoms. The van der Waals surface area contributed by atoms with Crippen molar-refractivity contribution < 1.29 is 19.1 Å². The molecule has 0 radical (unpaired) electrons. The number of esters is 1. The summed E-state index contributed by atoms with van der Waals surface area (Å²) in [5.41, 5.74) is 1.05. The minimum atomic E-state index is -0.652. The van der Waals surface area contributed by atoms with Crippen LogP contribution in [0.1, 0.15) is 15.9 Å². The average molecular weight is 368 g/mol. The lowest BCUT2D eigenvalue weighted by Crippen LogP contribution is -2.28. The molecule has 2 aromatic carbocycles. The van der Waals surface area contributed by atoms with Crippen molar-refractivity contribution in [3.63, 3.8) is 0 Å². The smallest absolute Gasteiger partial charge is 0.338 e. The maximum absolute atomic E-state index is 11.9. The maximum Gasteiger partial charge on any atom is 0.338 e. The van der Waals surface area contributed by atoms with Crippen LogP contribution in [-0.2, 0) is 16.1 Å². The second-order valence-corrected chi connectivity index (χ2v) is 5.61. The van der Waals surface area contributed by atoms with Gasteiger partial charge in [0, 0.05) is 12.1 Å². The van der Waals surface area contributed by atoms with Crippen LogP contribution >= 0.6 is 23.2 Å². The van der Waals surface area contributed by atoms with Crippen molar-refractivity contribution in [2.24, 2.45) is 0 Å². The zero-order valence-corrected chi connectivity index (χ0v) is 14.4. The Bertz CT molecular complexity index is 749. The van der Waals surface area contributed by atoms with Crippen molar-refractivity contribution in [3.8, 4) is 5.75 Å². The molecule has 0 aliphatic heterocycles. The van der Waals surface area contributed by atoms with E-state index >= 15 is 0 Å². The van der Waals surface area contributed by atoms with Crippen molar-refractivity contribution in [1.29, 1.82) is 0 Å². The molecule has 0 fully saturated rings. The lowest BCUT2D eigenvalue weighted by molar-refractivity contribution is -0.124. The number of ether oxygens (including phenoxy) is 2. The first-order valence-electron chi connectivity index (χ1n) is 7.02. The molecular weight excluding hydrogens is 353 g/mol. The van der Waals surface area contributed by atoms with Crippen molar-refractivity contribution >= 4 is 35.1 Å². The summed E-state index contributed by atoms with van der Waals surface area (Å²) in [4.78, 5) is 23.7. The van der Waals surface area contributed by atoms with Crippen LogP contribution in [0.15, 0.2) is 42.5 Å². The number of hydrogen-bond acceptors (Lipinski definition) is 4. The molecule has 2 aromatic rings. The maximum atomic E-state index is 11.9. The van der Waals surface area contributed by atoms with Gasteiger partial charge >= 0.3 is 5.97 Å². The molecule has 5 nitrogen and oxygen atoms in total. The van der Waals surface area contributed by atoms with Gasteiger partial charge in [0.2, 0.25) is 0 Å². The summed E-state index contributed by atoms with van der Waals surface area (Å²) >= 11 is 11.6. The van der Waals surface area contributed by atoms with E-state index in [-0.39, 0.29) is 17.1 Å². The fraction of sp³-hybridized carbons (Fsp3) is 0.176. The summed E-state index contributed by atoms with van der Waals surface area (Å²) in [6.07, 6.45) is 0. The first-order valence-corrected chi connectivity index (χ1v) is 7.77. The van der Waals surface area contributed by atoms with Crippen molar-refractivity contribution in [1.82, 2.24) is 5.32 Å². The Morgan fingerprint density at radius 3 is 2.54 bits per heavy atom. The van der Waals surface area contributed by atoms with E-state index in [1.807, 2.05) is 18.2 Å². The fourth-order valence-corrected chi connectivity index (χ4v) is 2.23. The average Bonchev–Trinajstić information content (AvgIpc) is 2.60. The molecule has 0 spiro atoms. The Morgan fingerprint density at radius 1 is 1.08 bits per heavy atom. The molecule has 0 heterocycles. The molecule has 1 amide bonds. The topological polar surface area (TPSA) is 64.6 Å². The molecule has 0 aliphatic rings. The molecular formula is C17H15Cl2NO4. The van der Waals surface area contributed by atoms with Gasteiger partial charge in [0.1, 0.15) is 5.75 Å². The van der Waals surface area contributed by atoms with Gasteiger partial charge in [-0.2, -0.15) is 0 Å². The highest BCUT2D eigenvalue weighted by atomic mass is 35.5. The molecule has 24 heavy (non-hydrogen) atoms. The standard InChI is InChI=1S/C17H15Cl2NO4/c1-23-15-5-3-2-4-12(15)9-20-16(21)10-24-17(22)11-6-7-13(18)14(19)8-11/h2-8H,9-10H2,1H3,(H,20,21). The lowest BCUT2D eigenvalue weighted by Gasteiger charge is -2.10. The molecule has 126 valence electrons. The van der Waals surface area contributed by atoms with E-state index in [1.54, 1.807) is 13.2 Å². The number of carbonyl (C=O) groups is 2. The third-order valence-electron chi connectivity index (χ3n) is 3.16. The second kappa shape index (κ2) is 8.57. The number of rotatable bonds is 6. The van der Waals surface area contributed by atoms with Gasteiger partial charge in [-0.15, -0.1) is 0 Å². The highest BCUT2D eigenvalue weighted by Crippen LogP contribution is 2.22. The van der Waals surface area contributed by atoms with Crippen molar-refractivity contribution in [3.05, 3.63) is 63.6 Å². The van der Waals surface area contributed by atoms with Gasteiger partial charge in [0.15, 0.2) is 6.61 Å². The fourth-order valence-electron chi connectivity index (χ4n) is 1.93. The monoisotopic (exact) mass is 367 g/mol. The van der Waals surface area contributed by atoms with E-state index in [1.165, 1.54) is 18.2 Å². The minimum absolute atomic E-state index is 0.224. The third-order valence-corrected chi connectivity index (χ3v) is 3.90. The number of halogens is 2. The van der Waals surface area contributed by atoms with E-state index in [2.05, 4.69) is 5.32 Å². The van der Waals surface area contributed by atoms with E-state index in [0.717, 1.165) is 5.56 Å². The quantitative estimate of drug-likeness (QED) is 0.793. The molecule has 0 unspecified atom stereocenters. The van der Waals surface area contributed by atoms with Crippen LogP contribution < -0.4 is 10.1 Å². The predicted octanol–water partition coefficient (Wildman–Crippen LogP) is 3.48. The Morgan fingerprint density at radius 2 is 1.83 bits per heavy atom. The van der Waals surface area contributed by atoms with Gasteiger partial charge in [-0.3, -0.25) is 4.79 Å². The summed E-state index contributed by atoms with van der Waals surface area (Å²) in [6, 6.07) is 11.7. The van der Waals surface area contributed by atoms with Gasteiger partial charge in [-0.05, 0) is 24.3 Å². The number of amides is 1. The molecule has 0 aliphatic carbocycles. The van der Waals surface area contributed by atoms with Crippen LogP contribution in [0.25, 0.3) is 0 Å². The molecule has 1 N–H and O–H groups in total. The van der Waals surface area contributed by atoms with Gasteiger partial charge in [-0.25, -0.2) is 4.79 Å². The summed E-state index contributed by atoms with van der Waals surface area (Å²) in [5, 5.41) is 3.24. The van der Waals surface area contributed by atoms with Crippen LogP contribution in [0.5, 0.6) is 5.75 Å². The van der Waals surface area contributed by atoms with E-state index < -0.39 is 18.5 Å². The first kappa shape index (κ1) is 18.1. The van der Waals surface area contributed by atoms with Gasteiger partial charge in [0.05, 0.1) is 22.7 Å². The summed E-state index contributed by atoms with van der Waals surface area (Å²) in [7, 11) is 1.56. The van der Waals surface area contributed by atoms with Crippen LogP contribution in [-0.4, -0.2) is 25.6 Å². The number of para-hydroxylation sites is 1. The number of methoxy groups -OCH3 is 1. The van der Waals surface area contributed by atoms with Crippen LogP contribution in [0.4, 0.5) is 0 Å². The zero-order valence-electron chi connectivity index (χ0n) is 12.8. The highest BCUT2D eigenvalue weighted by molar-refractivity contribution is 6.42. The zero-order chi connectivity index (χ0) is 17.5. The van der Waals surface area contributed by atoms with Crippen LogP contribution in [0.3, 0.4) is 0 Å². The lowest BCUT2D eigenvalue weighted by atomic mass is 10.2. The summed E-state index contributed by atoms with van der Waals surface area (Å²) < 4.78 is 10.1. The number of carbonyl (C=O) groups excluding carboxylic acids is 2. The van der Waals surface area contributed by atoms with Gasteiger partial charge in [-0.1, -0.05) is 41.4 Å². The minimum Gasteiger partial charge on any atom is -0.496 e. The van der Waals surface area contributed by atoms with Gasteiger partial charge < -0.3 is 14.8 Å². The molecule has 0 saturated carbocycles. The predicted molar refractivity (Wildman–Crippen MR) is 91.6 cm³/mol. The normalized spacial score (nSPS) is 10.1. The molecule has 7 heteroatoms. The first-order chi connectivity index (χ1) is 11.5. The molecule has 0 aromatic heterocycles. The van der Waals surface area contributed by atoms with E-state index in [4.69, 9.17) is 32.7 Å². The summed E-state index contributed by atoms with van der Waals surface area (Å²) in [5.74, 6) is -0.402. The highest BCUT2D eigenvalue weighted by Gasteiger charge is 2.12. The molecule has 0 atom stereocenters. The Balaban J connectivity index is 1.84. The van der Waals surface area contributed by atoms with Gasteiger partial charge in [0.25, 0.3) is 5.91 Å². The Labute approximate surface area is 149 Å². The summed E-state index contributed by atoms with van der Waals surface area (Å²) in [6.45, 7) is -0.124. The second-order valence-electron chi connectivity index (χ2n) is 4.79. The van der Waals surface area contributed by atoms with Crippen molar-refractivity contribution in [2.45, 2.75) is 6.54 Å². The number of benzene rings is 2. The largest absolute Gasteiger partial charge is 0.496 e. The molecule has 2 rings (SSSR count). The number of hydrogen-bond donors (Lipinski definition) is 1. The van der Waals surface area contributed by atoms with Crippen molar-refractivity contribution in [2.75, 3.05) is 13.7 Å². The third kappa shape index (κ3) is 4.88. The SMILES string of the molecule is COc1ccccc1CNC(=O)COC(=O)c1ccc(Cl)c(Cl)c1. The molecule has 0 saturated heterocycles. The van der Waals surface area contributed by atoms with Crippen LogP contribution in [0.2, 0.25) is 10.0 Å². The van der Waals surface area contributed by atoms with E-state index in [9.17, 15) is 9.59 Å². The Kier molecular flexibility index (Phi) is 6.46. The number of nitrogens with one attached hydrogen (secondary N) is 1. The van der Waals surface area contributed by atoms with E-state index in [0.29, 0.717) is 10.8 Å².